The number of aliphatic imine (C=N–C) groups is 1. The van der Waals surface area contributed by atoms with Crippen LogP contribution in [0.25, 0.3) is 16.6 Å². The first-order valence-corrected chi connectivity index (χ1v) is 8.63. The summed E-state index contributed by atoms with van der Waals surface area (Å²) in [6, 6.07) is 14.2. The number of halogens is 1. The number of pyridine rings is 1. The minimum absolute atomic E-state index is 0. The van der Waals surface area contributed by atoms with Crippen LogP contribution in [0.4, 0.5) is 0 Å². The molecular formula is C19H22IN7. The topological polar surface area (TPSA) is 82.4 Å². The fourth-order valence-corrected chi connectivity index (χ4v) is 3.05. The molecule has 0 fully saturated rings. The van der Waals surface area contributed by atoms with Crippen LogP contribution in [0.2, 0.25) is 0 Å². The number of rotatable bonds is 5. The lowest BCUT2D eigenvalue weighted by molar-refractivity contribution is 0.758. The van der Waals surface area contributed by atoms with Gasteiger partial charge in [-0.2, -0.15) is 0 Å². The SMILES string of the molecule is CN=C(NCCc1c[nH]c2ccccc12)NCc1nnc2ccccn12.I. The molecule has 0 aliphatic heterocycles. The Kier molecular flexibility index (Phi) is 6.28. The minimum Gasteiger partial charge on any atom is -0.361 e. The highest BCUT2D eigenvalue weighted by Gasteiger charge is 2.06. The monoisotopic (exact) mass is 475 g/mol. The highest BCUT2D eigenvalue weighted by molar-refractivity contribution is 14.0. The second-order valence-corrected chi connectivity index (χ2v) is 6.01. The van der Waals surface area contributed by atoms with Gasteiger partial charge in [0, 0.05) is 36.9 Å². The summed E-state index contributed by atoms with van der Waals surface area (Å²) in [5.74, 6) is 1.60. The quantitative estimate of drug-likeness (QED) is 0.236. The van der Waals surface area contributed by atoms with Gasteiger partial charge in [0.2, 0.25) is 0 Å². The molecule has 1 aromatic carbocycles. The predicted octanol–water partition coefficient (Wildman–Crippen LogP) is 2.74. The molecule has 3 N–H and O–H groups in total. The Bertz CT molecular complexity index is 1050. The lowest BCUT2D eigenvalue weighted by Gasteiger charge is -2.11. The van der Waals surface area contributed by atoms with Crippen molar-refractivity contribution in [3.8, 4) is 0 Å². The molecule has 0 bridgehead atoms. The molecular weight excluding hydrogens is 453 g/mol. The molecule has 0 atom stereocenters. The number of nitrogens with zero attached hydrogens (tertiary/aromatic N) is 4. The summed E-state index contributed by atoms with van der Waals surface area (Å²) in [6.07, 6.45) is 4.95. The van der Waals surface area contributed by atoms with E-state index in [2.05, 4.69) is 55.2 Å². The van der Waals surface area contributed by atoms with Crippen molar-refractivity contribution in [2.75, 3.05) is 13.6 Å². The predicted molar refractivity (Wildman–Crippen MR) is 119 cm³/mol. The third-order valence-corrected chi connectivity index (χ3v) is 4.38. The summed E-state index contributed by atoms with van der Waals surface area (Å²) in [4.78, 5) is 7.59. The molecule has 4 aromatic rings. The van der Waals surface area contributed by atoms with E-state index in [1.807, 2.05) is 34.9 Å². The summed E-state index contributed by atoms with van der Waals surface area (Å²) < 4.78 is 1.96. The van der Waals surface area contributed by atoms with Crippen molar-refractivity contribution in [1.29, 1.82) is 0 Å². The second kappa shape index (κ2) is 8.85. The summed E-state index contributed by atoms with van der Waals surface area (Å²) in [5.41, 5.74) is 3.31. The van der Waals surface area contributed by atoms with Gasteiger partial charge in [0.25, 0.3) is 0 Å². The molecule has 140 valence electrons. The number of aromatic amines is 1. The first kappa shape index (κ1) is 19.2. The fraction of sp³-hybridized carbons (Fsp3) is 0.211. The highest BCUT2D eigenvalue weighted by Crippen LogP contribution is 2.17. The van der Waals surface area contributed by atoms with Crippen LogP contribution in [0.3, 0.4) is 0 Å². The van der Waals surface area contributed by atoms with Crippen LogP contribution in [-0.4, -0.2) is 39.1 Å². The number of benzene rings is 1. The first-order valence-electron chi connectivity index (χ1n) is 8.63. The Morgan fingerprint density at radius 1 is 1.11 bits per heavy atom. The smallest absolute Gasteiger partial charge is 0.191 e. The lowest BCUT2D eigenvalue weighted by Crippen LogP contribution is -2.38. The maximum Gasteiger partial charge on any atom is 0.191 e. The van der Waals surface area contributed by atoms with E-state index in [0.29, 0.717) is 6.54 Å². The molecule has 0 aliphatic carbocycles. The molecule has 0 saturated carbocycles. The fourth-order valence-electron chi connectivity index (χ4n) is 3.05. The van der Waals surface area contributed by atoms with E-state index in [9.17, 15) is 0 Å². The largest absolute Gasteiger partial charge is 0.361 e. The minimum atomic E-state index is 0. The van der Waals surface area contributed by atoms with Gasteiger partial charge in [0.15, 0.2) is 17.4 Å². The van der Waals surface area contributed by atoms with E-state index in [-0.39, 0.29) is 24.0 Å². The lowest BCUT2D eigenvalue weighted by atomic mass is 10.1. The molecule has 0 spiro atoms. The standard InChI is InChI=1S/C19H21N7.HI/c1-20-19(23-13-18-25-24-17-8-4-5-11-26(17)18)21-10-9-14-12-22-16-7-3-2-6-15(14)16;/h2-8,11-12,22H,9-10,13H2,1H3,(H2,20,21,23);1H. The van der Waals surface area contributed by atoms with Gasteiger partial charge in [-0.15, -0.1) is 34.2 Å². The van der Waals surface area contributed by atoms with E-state index in [1.165, 1.54) is 16.5 Å². The third kappa shape index (κ3) is 4.21. The maximum atomic E-state index is 4.28. The van der Waals surface area contributed by atoms with Gasteiger partial charge in [-0.05, 0) is 30.2 Å². The van der Waals surface area contributed by atoms with E-state index in [1.54, 1.807) is 7.05 Å². The summed E-state index contributed by atoms with van der Waals surface area (Å²) in [7, 11) is 1.77. The van der Waals surface area contributed by atoms with Crippen molar-refractivity contribution < 1.29 is 0 Å². The van der Waals surface area contributed by atoms with Crippen molar-refractivity contribution in [3.63, 3.8) is 0 Å². The van der Waals surface area contributed by atoms with Crippen molar-refractivity contribution in [2.45, 2.75) is 13.0 Å². The van der Waals surface area contributed by atoms with Gasteiger partial charge in [-0.25, -0.2) is 0 Å². The number of H-pyrrole nitrogens is 1. The second-order valence-electron chi connectivity index (χ2n) is 6.01. The van der Waals surface area contributed by atoms with Gasteiger partial charge in [-0.3, -0.25) is 9.39 Å². The van der Waals surface area contributed by atoms with Crippen molar-refractivity contribution in [3.05, 3.63) is 66.2 Å². The Balaban J connectivity index is 0.00000210. The van der Waals surface area contributed by atoms with Crippen LogP contribution >= 0.6 is 24.0 Å². The first-order chi connectivity index (χ1) is 12.8. The summed E-state index contributed by atoms with van der Waals surface area (Å²) in [5, 5.41) is 16.3. The summed E-state index contributed by atoms with van der Waals surface area (Å²) >= 11 is 0. The van der Waals surface area contributed by atoms with Crippen molar-refractivity contribution in [1.82, 2.24) is 30.2 Å². The number of hydrogen-bond acceptors (Lipinski definition) is 3. The van der Waals surface area contributed by atoms with Gasteiger partial charge in [0.1, 0.15) is 0 Å². The van der Waals surface area contributed by atoms with E-state index in [0.717, 1.165) is 30.4 Å². The van der Waals surface area contributed by atoms with E-state index in [4.69, 9.17) is 0 Å². The average Bonchev–Trinajstić information content (AvgIpc) is 3.29. The number of hydrogen-bond donors (Lipinski definition) is 3. The molecule has 0 unspecified atom stereocenters. The van der Waals surface area contributed by atoms with Crippen molar-refractivity contribution >= 4 is 46.5 Å². The zero-order chi connectivity index (χ0) is 17.8. The Labute approximate surface area is 174 Å². The van der Waals surface area contributed by atoms with Crippen LogP contribution in [0.5, 0.6) is 0 Å². The number of fused-ring (bicyclic) bond motifs is 2. The average molecular weight is 475 g/mol. The Hall–Kier alpha value is -2.62. The van der Waals surface area contributed by atoms with Crippen molar-refractivity contribution in [2.24, 2.45) is 4.99 Å². The molecule has 0 radical (unpaired) electrons. The number of nitrogens with one attached hydrogen (secondary N) is 3. The van der Waals surface area contributed by atoms with E-state index < -0.39 is 0 Å². The molecule has 3 aromatic heterocycles. The van der Waals surface area contributed by atoms with E-state index >= 15 is 0 Å². The van der Waals surface area contributed by atoms with Gasteiger partial charge >= 0.3 is 0 Å². The number of aromatic nitrogens is 4. The molecule has 0 aliphatic rings. The van der Waals surface area contributed by atoms with Crippen LogP contribution in [0.15, 0.2) is 59.9 Å². The van der Waals surface area contributed by atoms with Crippen LogP contribution < -0.4 is 10.6 Å². The zero-order valence-corrected chi connectivity index (χ0v) is 17.3. The Morgan fingerprint density at radius 3 is 2.85 bits per heavy atom. The zero-order valence-electron chi connectivity index (χ0n) is 15.0. The van der Waals surface area contributed by atoms with Gasteiger partial charge < -0.3 is 15.6 Å². The molecule has 3 heterocycles. The molecule has 7 nitrogen and oxygen atoms in total. The molecule has 4 rings (SSSR count). The highest BCUT2D eigenvalue weighted by atomic mass is 127. The number of para-hydroxylation sites is 1. The summed E-state index contributed by atoms with van der Waals surface area (Å²) in [6.45, 7) is 1.35. The molecule has 27 heavy (non-hydrogen) atoms. The van der Waals surface area contributed by atoms with Crippen LogP contribution in [0, 0.1) is 0 Å². The van der Waals surface area contributed by atoms with Gasteiger partial charge in [-0.1, -0.05) is 24.3 Å². The maximum absolute atomic E-state index is 4.28. The number of guanidine groups is 1. The van der Waals surface area contributed by atoms with Crippen LogP contribution in [0.1, 0.15) is 11.4 Å². The van der Waals surface area contributed by atoms with Crippen LogP contribution in [-0.2, 0) is 13.0 Å². The normalized spacial score (nSPS) is 11.5. The molecule has 0 amide bonds. The molecule has 0 saturated heterocycles. The van der Waals surface area contributed by atoms with Gasteiger partial charge in [0.05, 0.1) is 6.54 Å². The molecule has 8 heteroatoms. The Morgan fingerprint density at radius 2 is 1.96 bits per heavy atom. The third-order valence-electron chi connectivity index (χ3n) is 4.38.